The molecule has 252 valence electrons. The predicted molar refractivity (Wildman–Crippen MR) is 179 cm³/mol. The number of hydrogen-bond donors (Lipinski definition) is 4. The summed E-state index contributed by atoms with van der Waals surface area (Å²) in [4.78, 5) is 82.8. The van der Waals surface area contributed by atoms with E-state index in [2.05, 4.69) is 35.9 Å². The Morgan fingerprint density at radius 3 is 2.44 bits per heavy atom. The van der Waals surface area contributed by atoms with Gasteiger partial charge in [0.25, 0.3) is 11.8 Å². The fourth-order valence-corrected chi connectivity index (χ4v) is 5.61. The first-order chi connectivity index (χ1) is 23.2. The zero-order chi connectivity index (χ0) is 34.0. The van der Waals surface area contributed by atoms with Gasteiger partial charge in [-0.25, -0.2) is 14.8 Å². The van der Waals surface area contributed by atoms with E-state index in [9.17, 15) is 24.0 Å². The zero-order valence-corrected chi connectivity index (χ0v) is 27.2. The van der Waals surface area contributed by atoms with Gasteiger partial charge in [-0.15, -0.1) is 0 Å². The van der Waals surface area contributed by atoms with E-state index >= 15 is 0 Å². The quantitative estimate of drug-likeness (QED) is 0.258. The van der Waals surface area contributed by atoms with Crippen molar-refractivity contribution in [3.8, 4) is 11.4 Å². The second-order valence-corrected chi connectivity index (χ2v) is 11.9. The second-order valence-electron chi connectivity index (χ2n) is 11.9. The molecule has 14 nitrogen and oxygen atoms in total. The molecule has 48 heavy (non-hydrogen) atoms. The minimum Gasteiger partial charge on any atom is -0.354 e. The third-order valence-electron chi connectivity index (χ3n) is 8.54. The highest BCUT2D eigenvalue weighted by Gasteiger charge is 2.26. The number of nitrogens with one attached hydrogen (secondary N) is 4. The average molecular weight is 656 g/mol. The summed E-state index contributed by atoms with van der Waals surface area (Å²) >= 11 is 0. The summed E-state index contributed by atoms with van der Waals surface area (Å²) in [7, 11) is 0. The van der Waals surface area contributed by atoms with Gasteiger partial charge in [-0.05, 0) is 55.5 Å². The molecule has 4 heterocycles. The van der Waals surface area contributed by atoms with Crippen LogP contribution < -0.4 is 21.6 Å². The van der Waals surface area contributed by atoms with Gasteiger partial charge >= 0.3 is 5.69 Å². The number of aryl methyl sites for hydroxylation is 1. The van der Waals surface area contributed by atoms with Crippen molar-refractivity contribution in [3.63, 3.8) is 0 Å². The van der Waals surface area contributed by atoms with Gasteiger partial charge in [0, 0.05) is 75.1 Å². The Hall–Kier alpha value is -5.40. The molecule has 14 heteroatoms. The molecule has 0 saturated carbocycles. The molecule has 1 aliphatic rings. The van der Waals surface area contributed by atoms with Crippen molar-refractivity contribution in [1.29, 1.82) is 0 Å². The number of H-pyrrole nitrogens is 1. The van der Waals surface area contributed by atoms with Crippen LogP contribution in [0.15, 0.2) is 59.9 Å². The van der Waals surface area contributed by atoms with E-state index in [1.165, 1.54) is 12.4 Å². The van der Waals surface area contributed by atoms with Gasteiger partial charge < -0.3 is 25.8 Å². The van der Waals surface area contributed by atoms with E-state index < -0.39 is 6.04 Å². The largest absolute Gasteiger partial charge is 0.354 e. The van der Waals surface area contributed by atoms with Gasteiger partial charge in [-0.1, -0.05) is 20.3 Å². The van der Waals surface area contributed by atoms with Crippen LogP contribution in [0, 0.1) is 5.92 Å². The molecular formula is C34H41N9O5. The van der Waals surface area contributed by atoms with E-state index in [-0.39, 0.29) is 48.2 Å². The third kappa shape index (κ3) is 8.30. The van der Waals surface area contributed by atoms with Crippen LogP contribution in [0.4, 0.5) is 0 Å². The van der Waals surface area contributed by atoms with Gasteiger partial charge in [0.2, 0.25) is 11.8 Å². The van der Waals surface area contributed by atoms with E-state index in [0.29, 0.717) is 79.8 Å². The fourth-order valence-electron chi connectivity index (χ4n) is 5.61. The summed E-state index contributed by atoms with van der Waals surface area (Å²) in [6.07, 6.45) is 8.31. The molecule has 0 unspecified atom stereocenters. The predicted octanol–water partition coefficient (Wildman–Crippen LogP) is 2.27. The molecule has 0 spiro atoms. The molecule has 0 saturated heterocycles. The van der Waals surface area contributed by atoms with E-state index in [4.69, 9.17) is 0 Å². The molecule has 0 fully saturated rings. The van der Waals surface area contributed by atoms with Crippen LogP contribution in [-0.4, -0.2) is 85.3 Å². The standard InChI is InChI=1S/C34H41N9O5/c1-3-22(2)29-32(46)37-14-7-17-43-27-18-23(10-11-26(27)40-34(43)48)31(45)36-13-6-16-42(15-5-9-28(44)41-29)33(47)25-20-38-30(39-21-25)24-8-4-12-35-19-24/h4,8,10-12,18-22,29H,3,5-7,9,13-17H2,1-2H3,(H,36,45)(H,37,46)(H,40,48)(H,41,44)/t22-,29-/m0/s1. The summed E-state index contributed by atoms with van der Waals surface area (Å²) in [5.74, 6) is -0.851. The number of carbonyl (C=O) groups excluding carboxylic acids is 4. The van der Waals surface area contributed by atoms with Gasteiger partial charge in [-0.3, -0.25) is 28.7 Å². The minimum atomic E-state index is -0.722. The fraction of sp³-hybridized carbons (Fsp3) is 0.412. The summed E-state index contributed by atoms with van der Waals surface area (Å²) in [6, 6.07) is 7.90. The Kier molecular flexibility index (Phi) is 11.3. The number of rotatable bonds is 4. The number of aromatic nitrogens is 5. The molecule has 4 N–H and O–H groups in total. The van der Waals surface area contributed by atoms with Gasteiger partial charge in [0.05, 0.1) is 16.6 Å². The highest BCUT2D eigenvalue weighted by molar-refractivity contribution is 5.97. The molecule has 2 atom stereocenters. The Balaban J connectivity index is 1.35. The number of benzene rings is 1. The van der Waals surface area contributed by atoms with Gasteiger partial charge in [0.1, 0.15) is 6.04 Å². The molecule has 4 amide bonds. The highest BCUT2D eigenvalue weighted by Crippen LogP contribution is 2.16. The number of imidazole rings is 1. The maximum absolute atomic E-state index is 13.6. The normalized spacial score (nSPS) is 18.0. The van der Waals surface area contributed by atoms with Crippen LogP contribution in [0.3, 0.4) is 0 Å². The maximum Gasteiger partial charge on any atom is 0.326 e. The smallest absolute Gasteiger partial charge is 0.326 e. The maximum atomic E-state index is 13.6. The topological polar surface area (TPSA) is 184 Å². The number of aromatic amines is 1. The lowest BCUT2D eigenvalue weighted by atomic mass is 9.98. The van der Waals surface area contributed by atoms with Crippen LogP contribution in [0.2, 0.25) is 0 Å². The molecule has 3 aromatic heterocycles. The van der Waals surface area contributed by atoms with Crippen molar-refractivity contribution >= 4 is 34.7 Å². The summed E-state index contributed by atoms with van der Waals surface area (Å²) < 4.78 is 1.55. The number of fused-ring (bicyclic) bond motifs is 1. The number of pyridine rings is 1. The Morgan fingerprint density at radius 2 is 1.69 bits per heavy atom. The summed E-state index contributed by atoms with van der Waals surface area (Å²) in [6.45, 7) is 5.36. The first-order valence-corrected chi connectivity index (χ1v) is 16.3. The Bertz CT molecular complexity index is 1800. The van der Waals surface area contributed by atoms with Crippen LogP contribution in [-0.2, 0) is 16.1 Å². The minimum absolute atomic E-state index is 0.108. The summed E-state index contributed by atoms with van der Waals surface area (Å²) in [5, 5.41) is 8.69. The molecule has 1 aliphatic heterocycles. The molecular weight excluding hydrogens is 614 g/mol. The van der Waals surface area contributed by atoms with E-state index in [1.54, 1.807) is 46.1 Å². The number of nitrogens with zero attached hydrogens (tertiary/aromatic N) is 5. The molecule has 1 aromatic carbocycles. The van der Waals surface area contributed by atoms with Crippen LogP contribution in [0.5, 0.6) is 0 Å². The first kappa shape index (κ1) is 33.9. The molecule has 0 radical (unpaired) electrons. The molecule has 4 aromatic rings. The van der Waals surface area contributed by atoms with E-state index in [1.807, 2.05) is 19.9 Å². The SMILES string of the molecule is CC[C@H](C)[C@@H]1NC(=O)CCCN(C(=O)c2cnc(-c3cccnc3)nc2)CCCNC(=O)c2ccc3[nH]c(=O)n(c3c2)CCCNC1=O. The Labute approximate surface area is 277 Å². The van der Waals surface area contributed by atoms with Crippen molar-refractivity contribution in [2.75, 3.05) is 26.2 Å². The van der Waals surface area contributed by atoms with Crippen molar-refractivity contribution in [1.82, 2.24) is 45.4 Å². The van der Waals surface area contributed by atoms with Gasteiger partial charge in [-0.2, -0.15) is 0 Å². The number of carbonyl (C=O) groups is 4. The van der Waals surface area contributed by atoms with Crippen molar-refractivity contribution < 1.29 is 19.2 Å². The molecule has 5 rings (SSSR count). The van der Waals surface area contributed by atoms with Gasteiger partial charge in [0.15, 0.2) is 5.82 Å². The molecule has 2 bridgehead atoms. The van der Waals surface area contributed by atoms with E-state index in [0.717, 1.165) is 5.56 Å². The zero-order valence-electron chi connectivity index (χ0n) is 27.2. The van der Waals surface area contributed by atoms with Crippen molar-refractivity contribution in [2.24, 2.45) is 5.92 Å². The lowest BCUT2D eigenvalue weighted by molar-refractivity contribution is -0.130. The van der Waals surface area contributed by atoms with Crippen molar-refractivity contribution in [2.45, 2.75) is 58.5 Å². The van der Waals surface area contributed by atoms with Crippen molar-refractivity contribution in [3.05, 3.63) is 76.7 Å². The van der Waals surface area contributed by atoms with Crippen LogP contribution >= 0.6 is 0 Å². The summed E-state index contributed by atoms with van der Waals surface area (Å²) in [5.41, 5.74) is 2.29. The average Bonchev–Trinajstić information content (AvgIpc) is 3.42. The third-order valence-corrected chi connectivity index (χ3v) is 8.54. The lowest BCUT2D eigenvalue weighted by Crippen LogP contribution is -2.50. The van der Waals surface area contributed by atoms with Crippen LogP contribution in [0.25, 0.3) is 22.4 Å². The first-order valence-electron chi connectivity index (χ1n) is 16.3. The monoisotopic (exact) mass is 655 g/mol. The number of amides is 4. The van der Waals surface area contributed by atoms with Crippen LogP contribution in [0.1, 0.15) is 66.7 Å². The number of hydrogen-bond acceptors (Lipinski definition) is 8. The Morgan fingerprint density at radius 1 is 0.938 bits per heavy atom. The molecule has 0 aliphatic carbocycles. The second kappa shape index (κ2) is 15.9. The highest BCUT2D eigenvalue weighted by atomic mass is 16.2. The lowest BCUT2D eigenvalue weighted by Gasteiger charge is -2.25.